The highest BCUT2D eigenvalue weighted by Crippen LogP contribution is 2.33. The van der Waals surface area contributed by atoms with Crippen LogP contribution < -0.4 is 0 Å². The Balaban J connectivity index is 0.000000298. The summed E-state index contributed by atoms with van der Waals surface area (Å²) >= 11 is 0. The van der Waals surface area contributed by atoms with Crippen LogP contribution in [0.25, 0.3) is 32.3 Å². The fraction of sp³-hybridized carbons (Fsp3) is 0.297. The molecule has 9 aromatic rings. The van der Waals surface area contributed by atoms with E-state index < -0.39 is 0 Å². The predicted molar refractivity (Wildman–Crippen MR) is 336 cm³/mol. The lowest BCUT2D eigenvalue weighted by atomic mass is 9.90. The highest BCUT2D eigenvalue weighted by Gasteiger charge is 2.10. The molecule has 0 heteroatoms. The number of allylic oxidation sites excluding steroid dienone is 4. The standard InChI is InChI=1S/C17H16.C13H14.2C9H12.C7H8.C6H6.C5H6.2C4H10/c1-12(2)17-15-9-5-3-7-13(15)11-14-8-4-6-10-16(14)17;1-10(2)12-9-5-7-11-6-3-4-8-13(11)12;2*1-8(2)9-6-4-3-5-7-9;1-7-5-3-2-4-6-7;1-2-4-6-5-3-1;1-2-4-5-3-1;2*1-4(2)3/h3-12H,1-2H3;3-10H,1-2H3;2*3-8H,1-2H3;2-6H,1H3;1-6H;1-4H,5H2;2*4H,1-3H3. The van der Waals surface area contributed by atoms with Gasteiger partial charge in [-0.15, -0.1) is 0 Å². The Kier molecular flexibility index (Phi) is 32.5. The molecule has 0 nitrogen and oxygen atoms in total. The molecule has 0 bridgehead atoms. The van der Waals surface area contributed by atoms with Crippen LogP contribution in [-0.2, 0) is 0 Å². The van der Waals surface area contributed by atoms with Crippen molar-refractivity contribution in [3.63, 3.8) is 0 Å². The van der Waals surface area contributed by atoms with Crippen LogP contribution in [0.3, 0.4) is 0 Å². The fourth-order valence-corrected chi connectivity index (χ4v) is 7.41. The molecule has 0 radical (unpaired) electrons. The average Bonchev–Trinajstić information content (AvgIpc) is 4.01. The number of aryl methyl sites for hydroxylation is 1. The Morgan fingerprint density at radius 1 is 0.284 bits per heavy atom. The van der Waals surface area contributed by atoms with Crippen LogP contribution in [-0.4, -0.2) is 0 Å². The van der Waals surface area contributed by atoms with Gasteiger partial charge in [0.1, 0.15) is 0 Å². The maximum atomic E-state index is 2.29. The van der Waals surface area contributed by atoms with Crippen molar-refractivity contribution in [2.45, 2.75) is 134 Å². The summed E-state index contributed by atoms with van der Waals surface area (Å²) in [6.07, 6.45) is 9.50. The summed E-state index contributed by atoms with van der Waals surface area (Å²) < 4.78 is 0. The molecule has 10 rings (SSSR count). The zero-order valence-electron chi connectivity index (χ0n) is 48.3. The minimum absolute atomic E-state index is 0.547. The fourth-order valence-electron chi connectivity index (χ4n) is 7.41. The van der Waals surface area contributed by atoms with E-state index >= 15 is 0 Å². The van der Waals surface area contributed by atoms with Crippen molar-refractivity contribution in [2.75, 3.05) is 0 Å². The summed E-state index contributed by atoms with van der Waals surface area (Å²) in [4.78, 5) is 0. The van der Waals surface area contributed by atoms with Crippen LogP contribution >= 0.6 is 0 Å². The monoisotopic (exact) mass is 983 g/mol. The van der Waals surface area contributed by atoms with Gasteiger partial charge >= 0.3 is 0 Å². The molecule has 390 valence electrons. The predicted octanol–water partition coefficient (Wildman–Crippen LogP) is 23.2. The van der Waals surface area contributed by atoms with Crippen LogP contribution in [0.4, 0.5) is 0 Å². The Labute approximate surface area is 452 Å². The summed E-state index contributed by atoms with van der Waals surface area (Å²) in [6.45, 7) is 32.9. The lowest BCUT2D eigenvalue weighted by Crippen LogP contribution is -1.92. The van der Waals surface area contributed by atoms with Crippen LogP contribution in [0.5, 0.6) is 0 Å². The first-order chi connectivity index (χ1) is 35.5. The van der Waals surface area contributed by atoms with Gasteiger partial charge in [0.05, 0.1) is 0 Å². The molecule has 0 spiro atoms. The molecule has 1 aliphatic rings. The lowest BCUT2D eigenvalue weighted by Gasteiger charge is -2.14. The van der Waals surface area contributed by atoms with Gasteiger partial charge in [-0.2, -0.15) is 0 Å². The molecule has 0 aliphatic heterocycles. The third kappa shape index (κ3) is 27.3. The molecule has 0 saturated carbocycles. The molecule has 0 unspecified atom stereocenters. The normalized spacial score (nSPS) is 10.7. The SMILES string of the molecule is C1=CCC=C1.CC(C)C.CC(C)C.CC(C)c1c2ccccc2cc2ccccc12.CC(C)c1cccc2ccccc12.CC(C)c1ccccc1.CC(C)c1ccccc1.Cc1ccccc1.c1ccccc1. The first-order valence-electron chi connectivity index (χ1n) is 27.3. The summed E-state index contributed by atoms with van der Waals surface area (Å²) in [5.74, 6) is 4.13. The molecule has 0 N–H and O–H groups in total. The Morgan fingerprint density at radius 2 is 0.595 bits per heavy atom. The summed E-state index contributed by atoms with van der Waals surface area (Å²) in [5, 5.41) is 8.20. The topological polar surface area (TPSA) is 0 Å². The summed E-state index contributed by atoms with van der Waals surface area (Å²) in [5.41, 5.74) is 7.06. The second-order valence-electron chi connectivity index (χ2n) is 21.1. The molecule has 0 heterocycles. The minimum Gasteiger partial charge on any atom is -0.0808 e. The van der Waals surface area contributed by atoms with Crippen molar-refractivity contribution in [1.82, 2.24) is 0 Å². The lowest BCUT2D eigenvalue weighted by molar-refractivity contribution is 0.736. The van der Waals surface area contributed by atoms with Crippen molar-refractivity contribution >= 4 is 32.3 Å². The van der Waals surface area contributed by atoms with Gasteiger partial charge in [0, 0.05) is 0 Å². The molecule has 0 atom stereocenters. The molecule has 0 saturated heterocycles. The van der Waals surface area contributed by atoms with Crippen molar-refractivity contribution in [3.8, 4) is 0 Å². The first-order valence-corrected chi connectivity index (χ1v) is 27.3. The molecule has 0 aromatic heterocycles. The first kappa shape index (κ1) is 63.4. The van der Waals surface area contributed by atoms with Gasteiger partial charge in [-0.3, -0.25) is 0 Å². The molecule has 0 amide bonds. The number of hydrogen-bond acceptors (Lipinski definition) is 0. The van der Waals surface area contributed by atoms with Gasteiger partial charge in [-0.1, -0.05) is 345 Å². The molecular weight excluding hydrogens is 889 g/mol. The highest BCUT2D eigenvalue weighted by molar-refractivity contribution is 6.02. The highest BCUT2D eigenvalue weighted by atomic mass is 14.1. The van der Waals surface area contributed by atoms with E-state index in [4.69, 9.17) is 0 Å². The van der Waals surface area contributed by atoms with Crippen LogP contribution in [0.2, 0.25) is 0 Å². The quantitative estimate of drug-likeness (QED) is 0.154. The maximum Gasteiger partial charge on any atom is -0.0143 e. The summed E-state index contributed by atoms with van der Waals surface area (Å²) in [7, 11) is 0. The average molecular weight is 984 g/mol. The summed E-state index contributed by atoms with van der Waals surface area (Å²) in [6, 6.07) is 78.0. The van der Waals surface area contributed by atoms with E-state index in [1.807, 2.05) is 66.7 Å². The van der Waals surface area contributed by atoms with Crippen LogP contribution in [0.15, 0.2) is 249 Å². The molecule has 0 fully saturated rings. The second-order valence-corrected chi connectivity index (χ2v) is 21.1. The van der Waals surface area contributed by atoms with Gasteiger partial charge in [0.25, 0.3) is 0 Å². The van der Waals surface area contributed by atoms with Gasteiger partial charge in [-0.25, -0.2) is 0 Å². The van der Waals surface area contributed by atoms with Crippen molar-refractivity contribution in [1.29, 1.82) is 0 Å². The van der Waals surface area contributed by atoms with Crippen LogP contribution in [0, 0.1) is 18.8 Å². The van der Waals surface area contributed by atoms with E-state index in [-0.39, 0.29) is 0 Å². The smallest absolute Gasteiger partial charge is 0.0143 e. The van der Waals surface area contributed by atoms with E-state index in [1.54, 1.807) is 0 Å². The molecular formula is C74H94. The zero-order valence-corrected chi connectivity index (χ0v) is 48.3. The Morgan fingerprint density at radius 3 is 0.892 bits per heavy atom. The molecule has 9 aromatic carbocycles. The second kappa shape index (κ2) is 37.9. The van der Waals surface area contributed by atoms with E-state index in [1.165, 1.54) is 60.1 Å². The zero-order chi connectivity index (χ0) is 54.5. The van der Waals surface area contributed by atoms with Crippen molar-refractivity contribution in [3.05, 3.63) is 277 Å². The van der Waals surface area contributed by atoms with E-state index in [0.29, 0.717) is 23.7 Å². The van der Waals surface area contributed by atoms with Gasteiger partial charge < -0.3 is 0 Å². The molecule has 1 aliphatic carbocycles. The van der Waals surface area contributed by atoms with E-state index in [2.05, 4.69) is 286 Å². The van der Waals surface area contributed by atoms with Gasteiger partial charge in [0.15, 0.2) is 0 Å². The third-order valence-corrected chi connectivity index (χ3v) is 11.0. The maximum absolute atomic E-state index is 2.29. The number of hydrogen-bond donors (Lipinski definition) is 0. The van der Waals surface area contributed by atoms with Gasteiger partial charge in [0.2, 0.25) is 0 Å². The minimum atomic E-state index is 0.547. The number of fused-ring (bicyclic) bond motifs is 3. The number of benzene rings is 9. The van der Waals surface area contributed by atoms with Crippen molar-refractivity contribution < 1.29 is 0 Å². The molecule has 74 heavy (non-hydrogen) atoms. The van der Waals surface area contributed by atoms with Crippen molar-refractivity contribution in [2.24, 2.45) is 11.8 Å². The Bertz CT molecular complexity index is 2660. The number of rotatable bonds is 4. The Hall–Kier alpha value is -6.76. The largest absolute Gasteiger partial charge is 0.0808 e. The van der Waals surface area contributed by atoms with Crippen LogP contribution in [0.1, 0.15) is 155 Å². The van der Waals surface area contributed by atoms with E-state index in [9.17, 15) is 0 Å². The van der Waals surface area contributed by atoms with Gasteiger partial charge in [-0.05, 0) is 109 Å². The third-order valence-electron chi connectivity index (χ3n) is 11.0. The van der Waals surface area contributed by atoms with E-state index in [0.717, 1.165) is 18.3 Å².